The highest BCUT2D eigenvalue weighted by Gasteiger charge is 2.28. The van der Waals surface area contributed by atoms with Gasteiger partial charge in [-0.25, -0.2) is 0 Å². The van der Waals surface area contributed by atoms with E-state index in [1.54, 1.807) is 0 Å². The summed E-state index contributed by atoms with van der Waals surface area (Å²) in [5, 5.41) is 9.77. The summed E-state index contributed by atoms with van der Waals surface area (Å²) in [6.07, 6.45) is 2.34. The predicted molar refractivity (Wildman–Crippen MR) is 48.8 cm³/mol. The molecule has 0 saturated heterocycles. The molecule has 0 aromatic heterocycles. The second-order valence-electron chi connectivity index (χ2n) is 2.83. The van der Waals surface area contributed by atoms with Crippen LogP contribution in [0.1, 0.15) is 40.0 Å². The third-order valence-corrected chi connectivity index (χ3v) is 2.35. The first-order valence-electron chi connectivity index (χ1n) is 4.08. The van der Waals surface area contributed by atoms with Gasteiger partial charge in [0.1, 0.15) is 0 Å². The maximum atomic E-state index is 9.77. The average molecular weight is 162 g/mol. The van der Waals surface area contributed by atoms with Gasteiger partial charge in [-0.1, -0.05) is 20.8 Å². The van der Waals surface area contributed by atoms with Crippen LogP contribution in [0.5, 0.6) is 0 Å². The van der Waals surface area contributed by atoms with Crippen molar-refractivity contribution >= 4 is 0 Å². The van der Waals surface area contributed by atoms with E-state index in [-0.39, 0.29) is 12.2 Å². The zero-order chi connectivity index (χ0) is 8.20. The van der Waals surface area contributed by atoms with Gasteiger partial charge in [0.2, 0.25) is 0 Å². The van der Waals surface area contributed by atoms with Crippen LogP contribution in [0.15, 0.2) is 0 Å². The van der Waals surface area contributed by atoms with Gasteiger partial charge in [0.15, 0.2) is 0 Å². The molecule has 1 atom stereocenters. The van der Waals surface area contributed by atoms with Crippen molar-refractivity contribution in [2.45, 2.75) is 51.7 Å². The van der Waals surface area contributed by atoms with E-state index in [0.29, 0.717) is 0 Å². The molecule has 11 heavy (non-hydrogen) atoms. The predicted octanol–water partition coefficient (Wildman–Crippen LogP) is 1.44. The molecular weight excluding hydrogens is 140 g/mol. The highest BCUT2D eigenvalue weighted by atomic mass is 16.3. The second kappa shape index (κ2) is 5.52. The molecule has 0 amide bonds. The molecule has 0 radical (unpaired) electrons. The van der Waals surface area contributed by atoms with E-state index in [1.165, 1.54) is 0 Å². The fourth-order valence-electron chi connectivity index (χ4n) is 1.15. The van der Waals surface area contributed by atoms with E-state index in [1.807, 2.05) is 20.8 Å². The quantitative estimate of drug-likeness (QED) is 0.585. The molecule has 1 unspecified atom stereocenters. The lowest BCUT2D eigenvalue weighted by Gasteiger charge is -2.31. The van der Waals surface area contributed by atoms with Crippen LogP contribution in [0.2, 0.25) is 0 Å². The molecule has 0 aromatic carbocycles. The van der Waals surface area contributed by atoms with E-state index in [9.17, 15) is 5.11 Å². The molecule has 0 aromatic rings. The Morgan fingerprint density at radius 1 is 1.27 bits per heavy atom. The molecular formula is C8H22N2O. The number of nitrogens with two attached hydrogens (primary N) is 1. The van der Waals surface area contributed by atoms with E-state index in [4.69, 9.17) is 5.73 Å². The van der Waals surface area contributed by atoms with Gasteiger partial charge < -0.3 is 17.0 Å². The number of aliphatic hydroxyl groups is 1. The van der Waals surface area contributed by atoms with Gasteiger partial charge in [-0.15, -0.1) is 0 Å². The summed E-state index contributed by atoms with van der Waals surface area (Å²) < 4.78 is 0. The number of hydrogen-bond donors (Lipinski definition) is 3. The third-order valence-electron chi connectivity index (χ3n) is 2.35. The minimum Gasteiger partial charge on any atom is -0.388 e. The molecule has 0 spiro atoms. The molecule has 70 valence electrons. The summed E-state index contributed by atoms with van der Waals surface area (Å²) in [6, 6.07) is -0.0671. The first-order chi connectivity index (χ1) is 4.60. The van der Waals surface area contributed by atoms with Crippen molar-refractivity contribution in [2.24, 2.45) is 5.73 Å². The fourth-order valence-corrected chi connectivity index (χ4v) is 1.15. The van der Waals surface area contributed by atoms with E-state index >= 15 is 0 Å². The monoisotopic (exact) mass is 162 g/mol. The number of rotatable bonds is 4. The zero-order valence-electron chi connectivity index (χ0n) is 7.93. The lowest BCUT2D eigenvalue weighted by Crippen LogP contribution is -2.46. The molecule has 3 nitrogen and oxygen atoms in total. The maximum absolute atomic E-state index is 9.77. The zero-order valence-corrected chi connectivity index (χ0v) is 7.93. The standard InChI is InChI=1S/C8H19NO.H3N/c1-4-7(9)8(10,5-2)6-3;/h7,10H,4-6,9H2,1-3H3;1H3. The Morgan fingerprint density at radius 3 is 1.73 bits per heavy atom. The summed E-state index contributed by atoms with van der Waals surface area (Å²) >= 11 is 0. The van der Waals surface area contributed by atoms with Crippen molar-refractivity contribution in [3.8, 4) is 0 Å². The average Bonchev–Trinajstić information content (AvgIpc) is 2.01. The number of hydrogen-bond acceptors (Lipinski definition) is 3. The smallest absolute Gasteiger partial charge is 0.0792 e. The van der Waals surface area contributed by atoms with E-state index < -0.39 is 5.60 Å². The molecule has 0 aliphatic heterocycles. The highest BCUT2D eigenvalue weighted by Crippen LogP contribution is 2.19. The normalized spacial score (nSPS) is 13.9. The fraction of sp³-hybridized carbons (Fsp3) is 1.00. The van der Waals surface area contributed by atoms with Crippen molar-refractivity contribution in [3.63, 3.8) is 0 Å². The largest absolute Gasteiger partial charge is 0.388 e. The molecule has 0 rings (SSSR count). The summed E-state index contributed by atoms with van der Waals surface area (Å²) in [5.41, 5.74) is 5.09. The van der Waals surface area contributed by atoms with Gasteiger partial charge in [0.05, 0.1) is 5.60 Å². The van der Waals surface area contributed by atoms with Crippen LogP contribution in [-0.2, 0) is 0 Å². The molecule has 0 saturated carbocycles. The van der Waals surface area contributed by atoms with Crippen LogP contribution in [0.25, 0.3) is 0 Å². The molecule has 0 aliphatic rings. The molecule has 6 N–H and O–H groups in total. The molecule has 0 fully saturated rings. The summed E-state index contributed by atoms with van der Waals surface area (Å²) in [6.45, 7) is 5.94. The molecule has 3 heteroatoms. The van der Waals surface area contributed by atoms with Crippen LogP contribution >= 0.6 is 0 Å². The Morgan fingerprint density at radius 2 is 1.64 bits per heavy atom. The van der Waals surface area contributed by atoms with Gasteiger partial charge >= 0.3 is 0 Å². The van der Waals surface area contributed by atoms with Crippen molar-refractivity contribution in [2.75, 3.05) is 0 Å². The van der Waals surface area contributed by atoms with Gasteiger partial charge in [-0.05, 0) is 19.3 Å². The van der Waals surface area contributed by atoms with Crippen LogP contribution in [0.3, 0.4) is 0 Å². The third kappa shape index (κ3) is 3.18. The molecule has 0 heterocycles. The second-order valence-corrected chi connectivity index (χ2v) is 2.83. The first-order valence-corrected chi connectivity index (χ1v) is 4.08. The Labute approximate surface area is 69.6 Å². The first kappa shape index (κ1) is 13.5. The minimum absolute atomic E-state index is 0. The maximum Gasteiger partial charge on any atom is 0.0792 e. The molecule has 0 aliphatic carbocycles. The van der Waals surface area contributed by atoms with Crippen LogP contribution < -0.4 is 11.9 Å². The Kier molecular flexibility index (Phi) is 6.76. The Balaban J connectivity index is 0. The SMILES string of the molecule is CCC(N)C(O)(CC)CC.N. The van der Waals surface area contributed by atoms with Gasteiger partial charge in [-0.3, -0.25) is 0 Å². The summed E-state index contributed by atoms with van der Waals surface area (Å²) in [7, 11) is 0. The van der Waals surface area contributed by atoms with Crippen molar-refractivity contribution < 1.29 is 5.11 Å². The van der Waals surface area contributed by atoms with Crippen LogP contribution in [0.4, 0.5) is 0 Å². The van der Waals surface area contributed by atoms with E-state index in [0.717, 1.165) is 19.3 Å². The lowest BCUT2D eigenvalue weighted by atomic mass is 9.88. The van der Waals surface area contributed by atoms with Gasteiger partial charge in [0.25, 0.3) is 0 Å². The Bertz CT molecular complexity index is 92.1. The minimum atomic E-state index is -0.630. The van der Waals surface area contributed by atoms with Crippen molar-refractivity contribution in [3.05, 3.63) is 0 Å². The highest BCUT2D eigenvalue weighted by molar-refractivity contribution is 4.85. The Hall–Kier alpha value is -0.120. The van der Waals surface area contributed by atoms with E-state index in [2.05, 4.69) is 0 Å². The topological polar surface area (TPSA) is 81.2 Å². The van der Waals surface area contributed by atoms with Crippen LogP contribution in [-0.4, -0.2) is 16.7 Å². The van der Waals surface area contributed by atoms with Crippen molar-refractivity contribution in [1.29, 1.82) is 0 Å². The van der Waals surface area contributed by atoms with Gasteiger partial charge in [0, 0.05) is 6.04 Å². The van der Waals surface area contributed by atoms with Crippen molar-refractivity contribution in [1.82, 2.24) is 6.15 Å². The summed E-state index contributed by atoms with van der Waals surface area (Å²) in [5.74, 6) is 0. The summed E-state index contributed by atoms with van der Waals surface area (Å²) in [4.78, 5) is 0. The lowest BCUT2D eigenvalue weighted by molar-refractivity contribution is 0.00543. The molecule has 0 bridgehead atoms. The van der Waals surface area contributed by atoms with Gasteiger partial charge in [-0.2, -0.15) is 0 Å². The van der Waals surface area contributed by atoms with Crippen LogP contribution in [0, 0.1) is 0 Å².